The van der Waals surface area contributed by atoms with Crippen LogP contribution in [0, 0.1) is 19.7 Å². The third-order valence-electron chi connectivity index (χ3n) is 5.39. The minimum atomic E-state index is -0.575. The largest absolute Gasteiger partial charge is 0.361 e. The minimum Gasteiger partial charge on any atom is -0.361 e. The first kappa shape index (κ1) is 22.6. The molecule has 168 valence electrons. The molecule has 0 fully saturated rings. The number of H-pyrrole nitrogens is 1. The smallest absolute Gasteiger partial charge is 0.258 e. The van der Waals surface area contributed by atoms with Crippen LogP contribution in [-0.4, -0.2) is 23.4 Å². The molecule has 0 aliphatic heterocycles. The lowest BCUT2D eigenvalue weighted by Crippen LogP contribution is -2.36. The zero-order valence-electron chi connectivity index (χ0n) is 18.4. The number of carbonyl (C=O) groups excluding carboxylic acids is 1. The lowest BCUT2D eigenvalue weighted by molar-refractivity contribution is 0.0977. The highest BCUT2D eigenvalue weighted by molar-refractivity contribution is 6.31. The molecule has 3 N–H and O–H groups in total. The second-order valence-corrected chi connectivity index (χ2v) is 8.27. The first-order chi connectivity index (χ1) is 15.9. The van der Waals surface area contributed by atoms with Gasteiger partial charge in [0.05, 0.1) is 5.02 Å². The van der Waals surface area contributed by atoms with E-state index in [0.717, 1.165) is 33.3 Å². The first-order valence-electron chi connectivity index (χ1n) is 10.6. The Morgan fingerprint density at radius 3 is 2.73 bits per heavy atom. The quantitative estimate of drug-likeness (QED) is 0.251. The zero-order chi connectivity index (χ0) is 23.4. The normalized spacial score (nSPS) is 11.6. The van der Waals surface area contributed by atoms with Gasteiger partial charge in [-0.3, -0.25) is 15.1 Å². The molecular formula is C26H24ClFN4O. The number of aliphatic imine (C=N–C) groups is 1. The van der Waals surface area contributed by atoms with Crippen LogP contribution in [0.15, 0.2) is 71.9 Å². The molecule has 0 unspecified atom stereocenters. The molecule has 4 aromatic rings. The van der Waals surface area contributed by atoms with E-state index in [2.05, 4.69) is 26.7 Å². The topological polar surface area (TPSA) is 69.3 Å². The fourth-order valence-corrected chi connectivity index (χ4v) is 3.73. The molecule has 33 heavy (non-hydrogen) atoms. The minimum absolute atomic E-state index is 0.108. The molecule has 7 heteroatoms. The van der Waals surface area contributed by atoms with Crippen molar-refractivity contribution in [3.05, 3.63) is 100.0 Å². The number of hydrogen-bond acceptors (Lipinski definition) is 2. The van der Waals surface area contributed by atoms with Crippen molar-refractivity contribution < 1.29 is 9.18 Å². The second kappa shape index (κ2) is 9.88. The Hall–Kier alpha value is -3.64. The van der Waals surface area contributed by atoms with Crippen molar-refractivity contribution in [2.45, 2.75) is 20.3 Å². The molecule has 1 amide bonds. The third-order valence-corrected chi connectivity index (χ3v) is 5.68. The molecular weight excluding hydrogens is 439 g/mol. The van der Waals surface area contributed by atoms with Gasteiger partial charge in [0.1, 0.15) is 5.82 Å². The number of nitrogens with one attached hydrogen (secondary N) is 3. The van der Waals surface area contributed by atoms with E-state index in [0.29, 0.717) is 18.9 Å². The average molecular weight is 463 g/mol. The first-order valence-corrected chi connectivity index (χ1v) is 11.0. The van der Waals surface area contributed by atoms with Gasteiger partial charge in [-0.1, -0.05) is 41.9 Å². The van der Waals surface area contributed by atoms with Crippen LogP contribution in [0.2, 0.25) is 5.02 Å². The molecule has 1 aromatic heterocycles. The Morgan fingerprint density at radius 2 is 1.91 bits per heavy atom. The SMILES string of the molecule is Cc1ccc(C)c(NC(=NCCc2c[nH]c3ccccc23)NC(=O)c2ccc(F)c(Cl)c2)c1. The van der Waals surface area contributed by atoms with Crippen molar-refractivity contribution in [3.8, 4) is 0 Å². The van der Waals surface area contributed by atoms with E-state index in [1.807, 2.05) is 56.4 Å². The summed E-state index contributed by atoms with van der Waals surface area (Å²) in [6, 6.07) is 18.0. The van der Waals surface area contributed by atoms with E-state index in [1.165, 1.54) is 18.2 Å². The van der Waals surface area contributed by atoms with Crippen LogP contribution in [0.5, 0.6) is 0 Å². The number of guanidine groups is 1. The Balaban J connectivity index is 1.56. The van der Waals surface area contributed by atoms with Gasteiger partial charge in [0, 0.05) is 34.9 Å². The summed E-state index contributed by atoms with van der Waals surface area (Å²) in [5, 5.41) is 7.08. The summed E-state index contributed by atoms with van der Waals surface area (Å²) in [6.07, 6.45) is 2.68. The van der Waals surface area contributed by atoms with E-state index >= 15 is 0 Å². The van der Waals surface area contributed by atoms with Crippen LogP contribution in [0.4, 0.5) is 10.1 Å². The van der Waals surface area contributed by atoms with Gasteiger partial charge in [-0.2, -0.15) is 0 Å². The Bertz CT molecular complexity index is 1350. The maximum absolute atomic E-state index is 13.5. The van der Waals surface area contributed by atoms with Crippen molar-refractivity contribution in [3.63, 3.8) is 0 Å². The summed E-state index contributed by atoms with van der Waals surface area (Å²) >= 11 is 5.85. The molecule has 0 radical (unpaired) electrons. The molecule has 0 bridgehead atoms. The summed E-state index contributed by atoms with van der Waals surface area (Å²) in [4.78, 5) is 20.7. The molecule has 0 aliphatic rings. The fourth-order valence-electron chi connectivity index (χ4n) is 3.55. The number of nitrogens with zero attached hydrogens (tertiary/aromatic N) is 1. The highest BCUT2D eigenvalue weighted by Gasteiger charge is 2.13. The second-order valence-electron chi connectivity index (χ2n) is 7.87. The molecule has 4 rings (SSSR count). The summed E-state index contributed by atoms with van der Waals surface area (Å²) in [5.41, 5.74) is 5.41. The van der Waals surface area contributed by atoms with Crippen molar-refractivity contribution >= 4 is 40.1 Å². The van der Waals surface area contributed by atoms with Gasteiger partial charge in [0.25, 0.3) is 5.91 Å². The number of fused-ring (bicyclic) bond motifs is 1. The number of aryl methyl sites for hydroxylation is 2. The number of carbonyl (C=O) groups is 1. The average Bonchev–Trinajstić information content (AvgIpc) is 3.21. The van der Waals surface area contributed by atoms with Crippen molar-refractivity contribution in [2.24, 2.45) is 4.99 Å². The molecule has 0 saturated carbocycles. The number of benzene rings is 3. The van der Waals surface area contributed by atoms with Gasteiger partial charge in [-0.25, -0.2) is 4.39 Å². The molecule has 0 atom stereocenters. The van der Waals surface area contributed by atoms with Crippen LogP contribution in [0.1, 0.15) is 27.0 Å². The van der Waals surface area contributed by atoms with Gasteiger partial charge < -0.3 is 10.3 Å². The Labute approximate surface area is 196 Å². The summed E-state index contributed by atoms with van der Waals surface area (Å²) in [5.74, 6) is -0.691. The number of aromatic amines is 1. The number of halogens is 2. The van der Waals surface area contributed by atoms with E-state index < -0.39 is 11.7 Å². The van der Waals surface area contributed by atoms with E-state index in [9.17, 15) is 9.18 Å². The van der Waals surface area contributed by atoms with Gasteiger partial charge in [-0.15, -0.1) is 0 Å². The molecule has 0 aliphatic carbocycles. The van der Waals surface area contributed by atoms with Gasteiger partial charge >= 0.3 is 0 Å². The summed E-state index contributed by atoms with van der Waals surface area (Å²) in [7, 11) is 0. The standard InChI is InChI=1S/C26H24ClFN4O/c1-16-7-8-17(2)24(13-16)31-26(32-25(33)18-9-10-22(28)21(27)14-18)29-12-11-19-15-30-23-6-4-3-5-20(19)23/h3-10,13-15,30H,11-12H2,1-2H3,(H2,29,31,32,33). The molecule has 0 spiro atoms. The van der Waals surface area contributed by atoms with Gasteiger partial charge in [0.2, 0.25) is 5.96 Å². The van der Waals surface area contributed by atoms with Crippen LogP contribution in [0.25, 0.3) is 10.9 Å². The summed E-state index contributed by atoms with van der Waals surface area (Å²) in [6.45, 7) is 4.43. The van der Waals surface area contributed by atoms with Gasteiger partial charge in [-0.05, 0) is 67.3 Å². The summed E-state index contributed by atoms with van der Waals surface area (Å²) < 4.78 is 13.5. The monoisotopic (exact) mass is 462 g/mol. The Morgan fingerprint density at radius 1 is 1.09 bits per heavy atom. The highest BCUT2D eigenvalue weighted by Crippen LogP contribution is 2.19. The van der Waals surface area contributed by atoms with E-state index in [-0.39, 0.29) is 10.6 Å². The molecule has 5 nitrogen and oxygen atoms in total. The van der Waals surface area contributed by atoms with E-state index in [1.54, 1.807) is 0 Å². The van der Waals surface area contributed by atoms with Crippen LogP contribution in [0.3, 0.4) is 0 Å². The number of aromatic nitrogens is 1. The van der Waals surface area contributed by atoms with Gasteiger partial charge in [0.15, 0.2) is 0 Å². The zero-order valence-corrected chi connectivity index (χ0v) is 19.1. The van der Waals surface area contributed by atoms with Crippen LogP contribution in [-0.2, 0) is 6.42 Å². The lowest BCUT2D eigenvalue weighted by Gasteiger charge is -2.14. The predicted octanol–water partition coefficient (Wildman–Crippen LogP) is 6.02. The molecule has 3 aromatic carbocycles. The highest BCUT2D eigenvalue weighted by atomic mass is 35.5. The van der Waals surface area contributed by atoms with Crippen LogP contribution >= 0.6 is 11.6 Å². The predicted molar refractivity (Wildman–Crippen MR) is 133 cm³/mol. The van der Waals surface area contributed by atoms with Crippen molar-refractivity contribution in [1.82, 2.24) is 10.3 Å². The number of amides is 1. The van der Waals surface area contributed by atoms with E-state index in [4.69, 9.17) is 11.6 Å². The number of para-hydroxylation sites is 1. The number of anilines is 1. The Kier molecular flexibility index (Phi) is 6.75. The lowest BCUT2D eigenvalue weighted by atomic mass is 10.1. The number of hydrogen-bond donors (Lipinski definition) is 3. The third kappa shape index (κ3) is 5.41. The maximum Gasteiger partial charge on any atom is 0.258 e. The fraction of sp³-hybridized carbons (Fsp3) is 0.154. The molecule has 0 saturated heterocycles. The maximum atomic E-state index is 13.5. The van der Waals surface area contributed by atoms with Crippen LogP contribution < -0.4 is 10.6 Å². The number of rotatable bonds is 5. The van der Waals surface area contributed by atoms with Crippen molar-refractivity contribution in [2.75, 3.05) is 11.9 Å². The molecule has 1 heterocycles. The van der Waals surface area contributed by atoms with Crippen molar-refractivity contribution in [1.29, 1.82) is 0 Å².